The first-order valence-corrected chi connectivity index (χ1v) is 9.22. The number of nitrogens with one attached hydrogen (secondary N) is 1. The summed E-state index contributed by atoms with van der Waals surface area (Å²) in [5.41, 5.74) is 1.18. The highest BCUT2D eigenvalue weighted by Crippen LogP contribution is 2.22. The summed E-state index contributed by atoms with van der Waals surface area (Å²) >= 11 is 0. The molecule has 146 valence electrons. The van der Waals surface area contributed by atoms with Crippen LogP contribution in [0, 0.1) is 0 Å². The molecule has 2 heterocycles. The molecule has 0 spiro atoms. The average Bonchev–Trinajstić information content (AvgIpc) is 2.99. The Balaban J connectivity index is 1.30. The monoisotopic (exact) mass is 390 g/mol. The van der Waals surface area contributed by atoms with Gasteiger partial charge in [-0.15, -0.1) is 0 Å². The number of hydrogen-bond donors (Lipinski definition) is 1. The van der Waals surface area contributed by atoms with Crippen LogP contribution in [0.25, 0.3) is 10.9 Å². The molecule has 0 fully saturated rings. The second-order valence-electron chi connectivity index (χ2n) is 6.67. The Bertz CT molecular complexity index is 1150. The Morgan fingerprint density at radius 3 is 2.28 bits per heavy atom. The molecule has 8 nitrogen and oxygen atoms in total. The molecule has 0 aliphatic carbocycles. The Kier molecular flexibility index (Phi) is 4.90. The van der Waals surface area contributed by atoms with Crippen LogP contribution < -0.4 is 10.9 Å². The van der Waals surface area contributed by atoms with Crippen molar-refractivity contribution in [1.82, 2.24) is 19.8 Å². The van der Waals surface area contributed by atoms with Crippen molar-refractivity contribution in [3.63, 3.8) is 0 Å². The van der Waals surface area contributed by atoms with Crippen molar-refractivity contribution >= 4 is 28.6 Å². The van der Waals surface area contributed by atoms with Crippen molar-refractivity contribution < 1.29 is 14.4 Å². The number of amides is 3. The molecular weight excluding hydrogens is 372 g/mol. The molecule has 1 aromatic heterocycles. The Morgan fingerprint density at radius 1 is 0.897 bits per heavy atom. The second kappa shape index (κ2) is 7.67. The Hall–Kier alpha value is -3.81. The van der Waals surface area contributed by atoms with Gasteiger partial charge >= 0.3 is 0 Å². The lowest BCUT2D eigenvalue weighted by Gasteiger charge is -2.13. The number of hydrogen-bond acceptors (Lipinski definition) is 5. The zero-order valence-corrected chi connectivity index (χ0v) is 15.5. The van der Waals surface area contributed by atoms with E-state index in [4.69, 9.17) is 0 Å². The molecule has 1 N–H and O–H groups in total. The molecule has 0 bridgehead atoms. The molecule has 3 amide bonds. The zero-order chi connectivity index (χ0) is 20.4. The zero-order valence-electron chi connectivity index (χ0n) is 15.5. The first-order valence-electron chi connectivity index (χ1n) is 9.22. The van der Waals surface area contributed by atoms with E-state index in [9.17, 15) is 19.2 Å². The number of rotatable bonds is 6. The van der Waals surface area contributed by atoms with Gasteiger partial charge in [-0.1, -0.05) is 24.3 Å². The van der Waals surface area contributed by atoms with Crippen LogP contribution in [-0.4, -0.2) is 45.3 Å². The van der Waals surface area contributed by atoms with Crippen LogP contribution in [0.4, 0.5) is 0 Å². The van der Waals surface area contributed by atoms with Crippen LogP contribution >= 0.6 is 0 Å². The van der Waals surface area contributed by atoms with Gasteiger partial charge < -0.3 is 5.32 Å². The third-order valence-electron chi connectivity index (χ3n) is 4.85. The average molecular weight is 390 g/mol. The first kappa shape index (κ1) is 18.5. The minimum atomic E-state index is -0.382. The number of carbonyl (C=O) groups is 3. The van der Waals surface area contributed by atoms with Gasteiger partial charge in [0.25, 0.3) is 17.4 Å². The molecule has 8 heteroatoms. The van der Waals surface area contributed by atoms with E-state index in [1.165, 1.54) is 10.9 Å². The maximum absolute atomic E-state index is 12.4. The fourth-order valence-electron chi connectivity index (χ4n) is 3.33. The number of imide groups is 1. The van der Waals surface area contributed by atoms with Gasteiger partial charge in [0.1, 0.15) is 0 Å². The summed E-state index contributed by atoms with van der Waals surface area (Å²) in [6, 6.07) is 13.7. The van der Waals surface area contributed by atoms with E-state index >= 15 is 0 Å². The van der Waals surface area contributed by atoms with E-state index in [0.29, 0.717) is 22.0 Å². The molecular formula is C21H18N4O4. The van der Waals surface area contributed by atoms with Crippen LogP contribution in [0.5, 0.6) is 0 Å². The van der Waals surface area contributed by atoms with Gasteiger partial charge in [0.2, 0.25) is 5.91 Å². The molecule has 0 unspecified atom stereocenters. The first-order chi connectivity index (χ1) is 14.1. The van der Waals surface area contributed by atoms with Crippen molar-refractivity contribution in [3.8, 4) is 0 Å². The highest BCUT2D eigenvalue weighted by atomic mass is 16.2. The lowest BCUT2D eigenvalue weighted by atomic mass is 10.1. The number of nitrogens with zero attached hydrogens (tertiary/aromatic N) is 3. The fraction of sp³-hybridized carbons (Fsp3) is 0.190. The molecule has 0 radical (unpaired) electrons. The number of fused-ring (bicyclic) bond motifs is 2. The summed E-state index contributed by atoms with van der Waals surface area (Å²) in [5, 5.41) is 3.23. The SMILES string of the molecule is O=C(CCN1C(=O)c2ccccc2C1=O)NCCn1cnc2ccccc2c1=O. The summed E-state index contributed by atoms with van der Waals surface area (Å²) < 4.78 is 1.44. The van der Waals surface area contributed by atoms with Crippen molar-refractivity contribution in [2.45, 2.75) is 13.0 Å². The van der Waals surface area contributed by atoms with Crippen molar-refractivity contribution in [2.75, 3.05) is 13.1 Å². The molecule has 3 aromatic rings. The van der Waals surface area contributed by atoms with Gasteiger partial charge in [0.05, 0.1) is 28.4 Å². The molecule has 1 aliphatic heterocycles. The van der Waals surface area contributed by atoms with Gasteiger partial charge in [-0.25, -0.2) is 4.98 Å². The van der Waals surface area contributed by atoms with Gasteiger partial charge in [-0.3, -0.25) is 28.6 Å². The highest BCUT2D eigenvalue weighted by molar-refractivity contribution is 6.21. The second-order valence-corrected chi connectivity index (χ2v) is 6.67. The van der Waals surface area contributed by atoms with E-state index in [1.807, 2.05) is 6.07 Å². The summed E-state index contributed by atoms with van der Waals surface area (Å²) in [4.78, 5) is 54.4. The maximum Gasteiger partial charge on any atom is 0.261 e. The highest BCUT2D eigenvalue weighted by Gasteiger charge is 2.34. The smallest absolute Gasteiger partial charge is 0.261 e. The van der Waals surface area contributed by atoms with Crippen LogP contribution in [0.1, 0.15) is 27.1 Å². The topological polar surface area (TPSA) is 101 Å². The number of benzene rings is 2. The van der Waals surface area contributed by atoms with Crippen molar-refractivity contribution in [1.29, 1.82) is 0 Å². The molecule has 0 saturated heterocycles. The predicted octanol–water partition coefficient (Wildman–Crippen LogP) is 1.20. The standard InChI is InChI=1S/C21H18N4O4/c26-18(9-11-25-20(28)14-5-1-2-6-15(14)21(25)29)22-10-12-24-13-23-17-8-4-3-7-16(17)19(24)27/h1-8,13H,9-12H2,(H,22,26). The minimum Gasteiger partial charge on any atom is -0.354 e. The summed E-state index contributed by atoms with van der Waals surface area (Å²) in [5.74, 6) is -1.07. The number of carbonyl (C=O) groups excluding carboxylic acids is 3. The Labute approximate surface area is 165 Å². The molecule has 0 atom stereocenters. The van der Waals surface area contributed by atoms with E-state index in [0.717, 1.165) is 4.90 Å². The van der Waals surface area contributed by atoms with E-state index in [2.05, 4.69) is 10.3 Å². The number of aromatic nitrogens is 2. The van der Waals surface area contributed by atoms with E-state index in [1.54, 1.807) is 42.5 Å². The van der Waals surface area contributed by atoms with Gasteiger partial charge in [-0.05, 0) is 24.3 Å². The summed E-state index contributed by atoms with van der Waals surface area (Å²) in [6.07, 6.45) is 1.45. The van der Waals surface area contributed by atoms with E-state index in [-0.39, 0.29) is 49.3 Å². The van der Waals surface area contributed by atoms with Crippen LogP contribution in [0.15, 0.2) is 59.7 Å². The lowest BCUT2D eigenvalue weighted by molar-refractivity contribution is -0.121. The minimum absolute atomic E-state index is 0.00363. The lowest BCUT2D eigenvalue weighted by Crippen LogP contribution is -2.36. The largest absolute Gasteiger partial charge is 0.354 e. The Morgan fingerprint density at radius 2 is 1.55 bits per heavy atom. The molecule has 4 rings (SSSR count). The van der Waals surface area contributed by atoms with Crippen LogP contribution in [0.2, 0.25) is 0 Å². The summed E-state index contributed by atoms with van der Waals surface area (Å²) in [6.45, 7) is 0.520. The van der Waals surface area contributed by atoms with Gasteiger partial charge in [0, 0.05) is 26.1 Å². The van der Waals surface area contributed by atoms with Gasteiger partial charge in [0.15, 0.2) is 0 Å². The fourth-order valence-corrected chi connectivity index (χ4v) is 3.33. The van der Waals surface area contributed by atoms with E-state index < -0.39 is 0 Å². The van der Waals surface area contributed by atoms with Crippen molar-refractivity contribution in [3.05, 3.63) is 76.3 Å². The maximum atomic E-state index is 12.4. The predicted molar refractivity (Wildman–Crippen MR) is 105 cm³/mol. The third-order valence-corrected chi connectivity index (χ3v) is 4.85. The molecule has 1 aliphatic rings. The van der Waals surface area contributed by atoms with Crippen LogP contribution in [0.3, 0.4) is 0 Å². The summed E-state index contributed by atoms with van der Waals surface area (Å²) in [7, 11) is 0. The van der Waals surface area contributed by atoms with Crippen molar-refractivity contribution in [2.24, 2.45) is 0 Å². The molecule has 2 aromatic carbocycles. The number of para-hydroxylation sites is 1. The normalized spacial score (nSPS) is 13.0. The van der Waals surface area contributed by atoms with Gasteiger partial charge in [-0.2, -0.15) is 0 Å². The molecule has 29 heavy (non-hydrogen) atoms. The quantitative estimate of drug-likeness (QED) is 0.638. The molecule has 0 saturated carbocycles. The third kappa shape index (κ3) is 3.52. The van der Waals surface area contributed by atoms with Crippen LogP contribution in [-0.2, 0) is 11.3 Å².